The van der Waals surface area contributed by atoms with E-state index in [1.54, 1.807) is 24.3 Å². The van der Waals surface area contributed by atoms with E-state index in [1.165, 1.54) is 22.4 Å². The monoisotopic (exact) mass is 882 g/mol. The van der Waals surface area contributed by atoms with E-state index in [2.05, 4.69) is 41.1 Å². The Labute approximate surface area is 369 Å². The van der Waals surface area contributed by atoms with Crippen molar-refractivity contribution in [1.29, 1.82) is 0 Å². The first-order valence-electron chi connectivity index (χ1n) is 21.2. The maximum Gasteiger partial charge on any atom is 0.267 e. The maximum absolute atomic E-state index is 13.1. The highest BCUT2D eigenvalue weighted by Gasteiger charge is 2.40. The van der Waals surface area contributed by atoms with E-state index < -0.39 is 11.9 Å². The maximum atomic E-state index is 13.1. The Morgan fingerprint density at radius 3 is 2.35 bits per heavy atom. The summed E-state index contributed by atoms with van der Waals surface area (Å²) in [6.45, 7) is 6.44. The van der Waals surface area contributed by atoms with Crippen LogP contribution in [0.5, 0.6) is 0 Å². The van der Waals surface area contributed by atoms with Crippen molar-refractivity contribution < 1.29 is 28.8 Å². The molecule has 0 bridgehead atoms. The molecule has 0 spiro atoms. The Balaban J connectivity index is 0.758. The lowest BCUT2D eigenvalue weighted by Gasteiger charge is -2.35. The number of carbonyl (C=O) groups is 6. The summed E-state index contributed by atoms with van der Waals surface area (Å²) in [5, 5.41) is 12.3. The number of fused-ring (bicyclic) bond motifs is 1. The summed E-state index contributed by atoms with van der Waals surface area (Å²) in [7, 11) is 0. The number of aryl methyl sites for hydroxylation is 2. The van der Waals surface area contributed by atoms with Gasteiger partial charge in [0.15, 0.2) is 5.13 Å². The number of unbranched alkanes of at least 4 members (excludes halogenated alkanes) is 6. The number of anilines is 5. The molecule has 18 heteroatoms. The summed E-state index contributed by atoms with van der Waals surface area (Å²) in [6, 6.07) is 11.8. The lowest BCUT2D eigenvalue weighted by molar-refractivity contribution is -0.137. The molecule has 3 aliphatic rings. The Bertz CT molecular complexity index is 2330. The third-order valence-electron chi connectivity index (χ3n) is 11.4. The molecule has 3 aliphatic heterocycles. The van der Waals surface area contributed by atoms with Crippen LogP contribution in [0.3, 0.4) is 0 Å². The van der Waals surface area contributed by atoms with Gasteiger partial charge in [-0.3, -0.25) is 34.1 Å². The van der Waals surface area contributed by atoms with E-state index in [4.69, 9.17) is 11.6 Å². The van der Waals surface area contributed by atoms with Crippen molar-refractivity contribution >= 4 is 86.5 Å². The van der Waals surface area contributed by atoms with Gasteiger partial charge in [-0.2, -0.15) is 0 Å². The third-order valence-corrected chi connectivity index (χ3v) is 12.6. The first-order chi connectivity index (χ1) is 29.9. The average molecular weight is 883 g/mol. The summed E-state index contributed by atoms with van der Waals surface area (Å²) < 4.78 is 0. The van der Waals surface area contributed by atoms with Crippen molar-refractivity contribution in [3.05, 3.63) is 81.1 Å². The number of halogens is 1. The van der Waals surface area contributed by atoms with E-state index in [0.29, 0.717) is 88.2 Å². The average Bonchev–Trinajstić information content (AvgIpc) is 3.86. The fraction of sp³-hybridized carbons (Fsp3) is 0.432. The Morgan fingerprint density at radius 1 is 0.887 bits per heavy atom. The molecule has 326 valence electrons. The Kier molecular flexibility index (Phi) is 14.4. The number of benzene rings is 2. The van der Waals surface area contributed by atoms with Gasteiger partial charge in [0, 0.05) is 74.9 Å². The molecule has 1 atom stereocenters. The van der Waals surface area contributed by atoms with E-state index in [1.807, 2.05) is 36.9 Å². The van der Waals surface area contributed by atoms with Crippen LogP contribution < -0.4 is 26.2 Å². The van der Waals surface area contributed by atoms with Crippen LogP contribution in [-0.4, -0.2) is 92.4 Å². The molecule has 4 N–H and O–H groups in total. The predicted molar refractivity (Wildman–Crippen MR) is 238 cm³/mol. The second-order valence-electron chi connectivity index (χ2n) is 15.8. The van der Waals surface area contributed by atoms with Crippen molar-refractivity contribution in [3.63, 3.8) is 0 Å². The van der Waals surface area contributed by atoms with Crippen molar-refractivity contribution in [3.8, 4) is 0 Å². The molecule has 16 nitrogen and oxygen atoms in total. The number of amides is 6. The minimum absolute atomic E-state index is 0.117. The van der Waals surface area contributed by atoms with Crippen LogP contribution in [0.4, 0.5) is 28.1 Å². The predicted octanol–water partition coefficient (Wildman–Crippen LogP) is 6.76. The van der Waals surface area contributed by atoms with E-state index in [0.717, 1.165) is 56.3 Å². The number of aromatic nitrogens is 3. The summed E-state index contributed by atoms with van der Waals surface area (Å²) in [5.41, 5.74) is 3.17. The summed E-state index contributed by atoms with van der Waals surface area (Å²) in [6.07, 6.45) is 9.43. The van der Waals surface area contributed by atoms with Crippen LogP contribution in [0.1, 0.15) is 108 Å². The van der Waals surface area contributed by atoms with Crippen molar-refractivity contribution in [2.24, 2.45) is 0 Å². The van der Waals surface area contributed by atoms with Gasteiger partial charge in [0.2, 0.25) is 23.6 Å². The molecule has 62 heavy (non-hydrogen) atoms. The normalized spacial score (nSPS) is 16.3. The highest BCUT2D eigenvalue weighted by molar-refractivity contribution is 7.17. The van der Waals surface area contributed by atoms with Crippen molar-refractivity contribution in [1.82, 2.24) is 30.1 Å². The van der Waals surface area contributed by atoms with Gasteiger partial charge in [0.1, 0.15) is 28.4 Å². The smallest absolute Gasteiger partial charge is 0.267 e. The van der Waals surface area contributed by atoms with Gasteiger partial charge < -0.3 is 30.7 Å². The van der Waals surface area contributed by atoms with Gasteiger partial charge in [-0.1, -0.05) is 73.2 Å². The summed E-state index contributed by atoms with van der Waals surface area (Å²) in [4.78, 5) is 95.4. The zero-order valence-electron chi connectivity index (χ0n) is 34.9. The van der Waals surface area contributed by atoms with Gasteiger partial charge >= 0.3 is 0 Å². The number of nitrogens with one attached hydrogen (secondary N) is 4. The Morgan fingerprint density at radius 2 is 1.61 bits per heavy atom. The lowest BCUT2D eigenvalue weighted by atomic mass is 10.0. The molecule has 4 aromatic rings. The van der Waals surface area contributed by atoms with E-state index >= 15 is 0 Å². The van der Waals surface area contributed by atoms with E-state index in [-0.39, 0.29) is 48.9 Å². The third kappa shape index (κ3) is 10.9. The second kappa shape index (κ2) is 20.3. The summed E-state index contributed by atoms with van der Waals surface area (Å²) in [5.74, 6) is 0.591. The van der Waals surface area contributed by atoms with Gasteiger partial charge in [0.25, 0.3) is 11.8 Å². The molecule has 6 amide bonds. The van der Waals surface area contributed by atoms with Gasteiger partial charge in [-0.25, -0.2) is 15.0 Å². The molecular formula is C44H51ClN10O6S. The molecular weight excluding hydrogens is 832 g/mol. The standard InChI is InChI=1S/C44H51ClN10O6S/c1-27-12-10-14-31(45)40(27)52-42(60)34-25-46-44(62-34)50-35-24-36(48-28(2)47-35)53-20-22-54(23-21-53)39(58)17-9-7-5-3-4-6-8-16-37(56)49-32-15-11-13-29-30(32)26-55(43(29)61)33-18-19-38(57)51-41(33)59/h10-15,24-25,33H,3-9,16-23,26H2,1-2H3,(H,49,56)(H,52,60)(H,51,57,59)(H,46,47,48,50). The number of piperazine rings is 1. The molecule has 2 fully saturated rings. The van der Waals surface area contributed by atoms with Crippen molar-refractivity contribution in [2.75, 3.05) is 47.0 Å². The quantitative estimate of drug-likeness (QED) is 0.0646. The fourth-order valence-electron chi connectivity index (χ4n) is 7.99. The molecule has 5 heterocycles. The second-order valence-corrected chi connectivity index (χ2v) is 17.3. The minimum atomic E-state index is -0.706. The topological polar surface area (TPSA) is 199 Å². The number of piperidine rings is 1. The van der Waals surface area contributed by atoms with Crippen LogP contribution in [0.2, 0.25) is 5.02 Å². The molecule has 0 saturated carbocycles. The lowest BCUT2D eigenvalue weighted by Crippen LogP contribution is -2.52. The number of rotatable bonds is 17. The molecule has 2 saturated heterocycles. The number of carbonyl (C=O) groups excluding carboxylic acids is 6. The van der Waals surface area contributed by atoms with Gasteiger partial charge in [-0.05, 0) is 56.9 Å². The van der Waals surface area contributed by atoms with Crippen LogP contribution in [0, 0.1) is 13.8 Å². The molecule has 0 aliphatic carbocycles. The van der Waals surface area contributed by atoms with Crippen LogP contribution in [-0.2, 0) is 25.7 Å². The number of hydrogen-bond acceptors (Lipinski definition) is 12. The number of hydrogen-bond donors (Lipinski definition) is 4. The van der Waals surface area contributed by atoms with Crippen LogP contribution in [0.15, 0.2) is 48.7 Å². The molecule has 0 radical (unpaired) electrons. The highest BCUT2D eigenvalue weighted by Crippen LogP contribution is 2.33. The first kappa shape index (κ1) is 44.1. The molecule has 2 aromatic heterocycles. The van der Waals surface area contributed by atoms with E-state index in [9.17, 15) is 28.8 Å². The first-order valence-corrected chi connectivity index (χ1v) is 22.4. The zero-order valence-corrected chi connectivity index (χ0v) is 36.5. The number of thiazole rings is 1. The largest absolute Gasteiger partial charge is 0.353 e. The van der Waals surface area contributed by atoms with Crippen LogP contribution in [0.25, 0.3) is 0 Å². The number of para-hydroxylation sites is 1. The highest BCUT2D eigenvalue weighted by atomic mass is 35.5. The SMILES string of the molecule is Cc1nc(Nc2ncc(C(=O)Nc3c(C)cccc3Cl)s2)cc(N2CCN(C(=O)CCCCCCCCCC(=O)Nc3cccc4c3CN(C3CCC(=O)NC3=O)C4=O)CC2)n1. The number of imide groups is 1. The fourth-order valence-corrected chi connectivity index (χ4v) is 8.98. The minimum Gasteiger partial charge on any atom is -0.353 e. The summed E-state index contributed by atoms with van der Waals surface area (Å²) >= 11 is 7.49. The molecule has 2 aromatic carbocycles. The van der Waals surface area contributed by atoms with Gasteiger partial charge in [0.05, 0.1) is 16.9 Å². The van der Waals surface area contributed by atoms with Crippen LogP contribution >= 0.6 is 22.9 Å². The zero-order chi connectivity index (χ0) is 43.8. The Hall–Kier alpha value is -5.94. The van der Waals surface area contributed by atoms with Gasteiger partial charge in [-0.15, -0.1) is 0 Å². The molecule has 1 unspecified atom stereocenters. The number of nitrogens with zero attached hydrogens (tertiary/aromatic N) is 6. The van der Waals surface area contributed by atoms with Crippen molar-refractivity contribution in [2.45, 2.75) is 97.1 Å². The molecule has 7 rings (SSSR count).